The molecule has 0 spiro atoms. The quantitative estimate of drug-likeness (QED) is 0.561. The van der Waals surface area contributed by atoms with E-state index in [2.05, 4.69) is 34.1 Å². The van der Waals surface area contributed by atoms with Crippen LogP contribution in [-0.4, -0.2) is 34.3 Å². The van der Waals surface area contributed by atoms with Crippen molar-refractivity contribution in [2.24, 2.45) is 5.84 Å². The van der Waals surface area contributed by atoms with E-state index in [9.17, 15) is 5.11 Å². The normalized spacial score (nSPS) is 19.4. The van der Waals surface area contributed by atoms with Gasteiger partial charge in [0.1, 0.15) is 18.0 Å². The molecule has 0 aromatic carbocycles. The number of rotatable bonds is 5. The minimum atomic E-state index is 0.214. The molecule has 0 bridgehead atoms. The number of aliphatic hydroxyl groups is 1. The number of aliphatic hydroxyl groups excluding tert-OH is 1. The minimum absolute atomic E-state index is 0.214. The Morgan fingerprint density at radius 3 is 2.90 bits per heavy atom. The molecular weight excluding hydrogens is 254 g/mol. The highest BCUT2D eigenvalue weighted by Crippen LogP contribution is 2.34. The molecule has 20 heavy (non-hydrogen) atoms. The Labute approximate surface area is 120 Å². The number of hydrogen-bond acceptors (Lipinski definition) is 6. The molecule has 0 radical (unpaired) electrons. The van der Waals surface area contributed by atoms with Crippen LogP contribution >= 0.6 is 0 Å². The first kappa shape index (κ1) is 15.0. The number of nitrogens with two attached hydrogens (primary N) is 1. The van der Waals surface area contributed by atoms with Gasteiger partial charge in [0.2, 0.25) is 0 Å². The van der Waals surface area contributed by atoms with Crippen LogP contribution in [-0.2, 0) is 0 Å². The molecule has 1 aromatic rings. The van der Waals surface area contributed by atoms with Crippen LogP contribution < -0.4 is 16.2 Å². The number of hydrogen-bond donors (Lipinski definition) is 3. The summed E-state index contributed by atoms with van der Waals surface area (Å²) in [5, 5.41) is 9.27. The average Bonchev–Trinajstić information content (AvgIpc) is 2.47. The molecule has 0 saturated carbocycles. The summed E-state index contributed by atoms with van der Waals surface area (Å²) < 4.78 is 0. The first-order valence-corrected chi connectivity index (χ1v) is 7.38. The molecule has 1 aromatic heterocycles. The lowest BCUT2D eigenvalue weighted by atomic mass is 9.97. The maximum Gasteiger partial charge on any atom is 0.148 e. The van der Waals surface area contributed by atoms with Crippen molar-refractivity contribution in [1.82, 2.24) is 9.97 Å². The van der Waals surface area contributed by atoms with Gasteiger partial charge in [0.25, 0.3) is 0 Å². The number of nitrogens with one attached hydrogen (secondary N) is 1. The lowest BCUT2D eigenvalue weighted by Crippen LogP contribution is -2.41. The van der Waals surface area contributed by atoms with Crippen molar-refractivity contribution < 1.29 is 5.11 Å². The third kappa shape index (κ3) is 3.02. The van der Waals surface area contributed by atoms with Crippen LogP contribution in [0, 0.1) is 0 Å². The molecule has 6 heteroatoms. The van der Waals surface area contributed by atoms with Gasteiger partial charge >= 0.3 is 0 Å². The Morgan fingerprint density at radius 1 is 1.45 bits per heavy atom. The number of aromatic nitrogens is 2. The summed E-state index contributed by atoms with van der Waals surface area (Å²) >= 11 is 0. The monoisotopic (exact) mass is 279 g/mol. The van der Waals surface area contributed by atoms with Crippen LogP contribution in [0.25, 0.3) is 0 Å². The van der Waals surface area contributed by atoms with Gasteiger partial charge in [-0.15, -0.1) is 0 Å². The Kier molecular flexibility index (Phi) is 5.14. The van der Waals surface area contributed by atoms with Gasteiger partial charge < -0.3 is 15.4 Å². The number of nitrogen functional groups attached to an aromatic ring is 1. The van der Waals surface area contributed by atoms with Crippen molar-refractivity contribution in [1.29, 1.82) is 0 Å². The van der Waals surface area contributed by atoms with Crippen molar-refractivity contribution in [3.8, 4) is 0 Å². The zero-order valence-corrected chi connectivity index (χ0v) is 12.3. The second-order valence-electron chi connectivity index (χ2n) is 5.61. The van der Waals surface area contributed by atoms with Crippen molar-refractivity contribution >= 4 is 11.6 Å². The molecule has 2 heterocycles. The number of nitrogens with zero attached hydrogens (tertiary/aromatic N) is 3. The predicted molar refractivity (Wildman–Crippen MR) is 80.6 cm³/mol. The second kappa shape index (κ2) is 6.85. The third-order valence-electron chi connectivity index (χ3n) is 3.94. The van der Waals surface area contributed by atoms with Crippen LogP contribution in [0.1, 0.15) is 51.0 Å². The molecule has 112 valence electrons. The lowest BCUT2D eigenvalue weighted by molar-refractivity contribution is 0.262. The molecule has 2 rings (SSSR count). The zero-order valence-electron chi connectivity index (χ0n) is 12.3. The Balaban J connectivity index is 2.39. The molecule has 0 aliphatic carbocycles. The van der Waals surface area contributed by atoms with E-state index in [1.807, 2.05) is 0 Å². The van der Waals surface area contributed by atoms with E-state index >= 15 is 0 Å². The van der Waals surface area contributed by atoms with Gasteiger partial charge in [0.15, 0.2) is 0 Å². The number of anilines is 2. The van der Waals surface area contributed by atoms with Crippen LogP contribution in [0.15, 0.2) is 6.33 Å². The van der Waals surface area contributed by atoms with Crippen LogP contribution in [0.2, 0.25) is 0 Å². The average molecular weight is 279 g/mol. The van der Waals surface area contributed by atoms with Gasteiger partial charge in [-0.1, -0.05) is 13.8 Å². The summed E-state index contributed by atoms with van der Waals surface area (Å²) in [6.07, 6.45) is 5.82. The van der Waals surface area contributed by atoms with E-state index in [1.54, 1.807) is 6.33 Å². The lowest BCUT2D eigenvalue weighted by Gasteiger charge is -2.38. The number of hydrazine groups is 1. The summed E-state index contributed by atoms with van der Waals surface area (Å²) in [6.45, 7) is 5.43. The van der Waals surface area contributed by atoms with E-state index in [4.69, 9.17) is 5.84 Å². The van der Waals surface area contributed by atoms with Gasteiger partial charge in [-0.05, 0) is 31.6 Å². The fourth-order valence-corrected chi connectivity index (χ4v) is 2.99. The van der Waals surface area contributed by atoms with Crippen molar-refractivity contribution in [2.75, 3.05) is 23.5 Å². The maximum atomic E-state index is 9.27. The summed E-state index contributed by atoms with van der Waals surface area (Å²) in [6, 6.07) is 0.353. The second-order valence-corrected chi connectivity index (χ2v) is 5.61. The minimum Gasteiger partial charge on any atom is -0.396 e. The molecule has 1 saturated heterocycles. The summed E-state index contributed by atoms with van der Waals surface area (Å²) in [4.78, 5) is 11.0. The van der Waals surface area contributed by atoms with Gasteiger partial charge in [0, 0.05) is 24.8 Å². The summed E-state index contributed by atoms with van der Waals surface area (Å²) in [5.74, 6) is 7.52. The highest BCUT2D eigenvalue weighted by atomic mass is 16.3. The van der Waals surface area contributed by atoms with Crippen LogP contribution in [0.4, 0.5) is 11.6 Å². The Bertz CT molecular complexity index is 436. The first-order chi connectivity index (χ1) is 9.69. The van der Waals surface area contributed by atoms with E-state index in [-0.39, 0.29) is 12.5 Å². The van der Waals surface area contributed by atoms with Gasteiger partial charge in [-0.25, -0.2) is 15.8 Å². The van der Waals surface area contributed by atoms with Gasteiger partial charge in [0.05, 0.1) is 0 Å². The van der Waals surface area contributed by atoms with Crippen molar-refractivity contribution in [2.45, 2.75) is 51.5 Å². The Morgan fingerprint density at radius 2 is 2.25 bits per heavy atom. The molecule has 1 fully saturated rings. The fraction of sp³-hybridized carbons (Fsp3) is 0.714. The summed E-state index contributed by atoms with van der Waals surface area (Å²) in [7, 11) is 0. The van der Waals surface area contributed by atoms with E-state index in [0.29, 0.717) is 11.9 Å². The highest BCUT2D eigenvalue weighted by Gasteiger charge is 2.27. The third-order valence-corrected chi connectivity index (χ3v) is 3.94. The van der Waals surface area contributed by atoms with E-state index in [1.165, 1.54) is 6.42 Å². The summed E-state index contributed by atoms with van der Waals surface area (Å²) in [5.41, 5.74) is 3.73. The predicted octanol–water partition coefficient (Wildman–Crippen LogP) is 1.63. The molecular formula is C14H25N5O. The van der Waals surface area contributed by atoms with Crippen molar-refractivity contribution in [3.63, 3.8) is 0 Å². The van der Waals surface area contributed by atoms with Gasteiger partial charge in [-0.2, -0.15) is 0 Å². The van der Waals surface area contributed by atoms with Gasteiger partial charge in [-0.3, -0.25) is 0 Å². The topological polar surface area (TPSA) is 87.3 Å². The SMILES string of the molecule is CC(C)c1c(NN)ncnc1N1CCCCC1CCO. The maximum absolute atomic E-state index is 9.27. The number of piperidine rings is 1. The van der Waals surface area contributed by atoms with E-state index in [0.717, 1.165) is 37.2 Å². The van der Waals surface area contributed by atoms with Crippen LogP contribution in [0.3, 0.4) is 0 Å². The largest absolute Gasteiger partial charge is 0.396 e. The van der Waals surface area contributed by atoms with E-state index < -0.39 is 0 Å². The molecule has 0 amide bonds. The molecule has 1 aliphatic rings. The first-order valence-electron chi connectivity index (χ1n) is 7.38. The Hall–Kier alpha value is -1.40. The molecule has 1 atom stereocenters. The molecule has 1 aliphatic heterocycles. The standard InChI is InChI=1S/C14H25N5O/c1-10(2)12-13(18-15)16-9-17-14(12)19-7-4-3-5-11(19)6-8-20/h9-11,20H,3-8,15H2,1-2H3,(H,16,17,18). The molecule has 4 N–H and O–H groups in total. The smallest absolute Gasteiger partial charge is 0.148 e. The molecule has 1 unspecified atom stereocenters. The van der Waals surface area contributed by atoms with Crippen molar-refractivity contribution in [3.05, 3.63) is 11.9 Å². The zero-order chi connectivity index (χ0) is 14.5. The molecule has 6 nitrogen and oxygen atoms in total. The highest BCUT2D eigenvalue weighted by molar-refractivity contribution is 5.60. The fourth-order valence-electron chi connectivity index (χ4n) is 2.99. The van der Waals surface area contributed by atoms with Crippen LogP contribution in [0.5, 0.6) is 0 Å².